The highest BCUT2D eigenvalue weighted by Crippen LogP contribution is 2.34. The van der Waals surface area contributed by atoms with Crippen LogP contribution in [-0.4, -0.2) is 23.9 Å². The molecule has 1 aromatic heterocycles. The van der Waals surface area contributed by atoms with E-state index in [1.165, 1.54) is 0 Å². The van der Waals surface area contributed by atoms with E-state index in [1.54, 1.807) is 13.2 Å². The maximum atomic E-state index is 13.3. The molecule has 5 nitrogen and oxygen atoms in total. The van der Waals surface area contributed by atoms with E-state index in [-0.39, 0.29) is 17.6 Å². The third-order valence-electron chi connectivity index (χ3n) is 4.18. The van der Waals surface area contributed by atoms with Crippen molar-refractivity contribution in [2.45, 2.75) is 39.9 Å². The number of pyridine rings is 1. The van der Waals surface area contributed by atoms with Gasteiger partial charge in [0.15, 0.2) is 0 Å². The molecule has 5 heteroatoms. The number of fused-ring (bicyclic) bond motifs is 2. The summed E-state index contributed by atoms with van der Waals surface area (Å²) in [6.45, 7) is 7.82. The molecular weight excluding hydrogens is 330 g/mol. The van der Waals surface area contributed by atoms with E-state index in [9.17, 15) is 4.79 Å². The Hall–Kier alpha value is -2.69. The van der Waals surface area contributed by atoms with Crippen molar-refractivity contribution < 1.29 is 14.2 Å². The first-order valence-electron chi connectivity index (χ1n) is 8.80. The number of nitrogens with zero attached hydrogens (tertiary/aromatic N) is 1. The lowest BCUT2D eigenvalue weighted by molar-refractivity contribution is 0.231. The minimum atomic E-state index is -0.0706. The van der Waals surface area contributed by atoms with E-state index in [0.717, 1.165) is 11.0 Å². The number of ether oxygens (including phenoxy) is 3. The average Bonchev–Trinajstić information content (AvgIpc) is 2.57. The second kappa shape index (κ2) is 6.90. The first-order valence-corrected chi connectivity index (χ1v) is 8.80. The zero-order chi connectivity index (χ0) is 19.0. The molecule has 0 bridgehead atoms. The predicted octanol–water partition coefficient (Wildman–Crippen LogP) is 4.27. The summed E-state index contributed by atoms with van der Waals surface area (Å²) in [6.07, 6.45) is -0.0374. The topological polar surface area (TPSA) is 49.7 Å². The zero-order valence-corrected chi connectivity index (χ0v) is 16.1. The maximum Gasteiger partial charge on any atom is 0.201 e. The van der Waals surface area contributed by atoms with Crippen LogP contribution in [0.1, 0.15) is 27.7 Å². The number of para-hydroxylation sites is 1. The molecule has 0 N–H and O–H groups in total. The van der Waals surface area contributed by atoms with Crippen LogP contribution in [0.2, 0.25) is 0 Å². The fourth-order valence-electron chi connectivity index (χ4n) is 3.23. The van der Waals surface area contributed by atoms with Crippen LogP contribution in [0.5, 0.6) is 17.2 Å². The van der Waals surface area contributed by atoms with Gasteiger partial charge in [0.2, 0.25) is 5.43 Å². The van der Waals surface area contributed by atoms with Gasteiger partial charge in [-0.3, -0.25) is 4.79 Å². The molecule has 0 saturated heterocycles. The molecule has 3 rings (SSSR count). The zero-order valence-electron chi connectivity index (χ0n) is 16.1. The van der Waals surface area contributed by atoms with Crippen molar-refractivity contribution in [2.24, 2.45) is 7.05 Å². The molecule has 3 aromatic rings. The van der Waals surface area contributed by atoms with E-state index in [0.29, 0.717) is 28.0 Å². The Morgan fingerprint density at radius 2 is 1.65 bits per heavy atom. The molecule has 0 atom stereocenters. The predicted molar refractivity (Wildman–Crippen MR) is 105 cm³/mol. The Labute approximate surface area is 153 Å². The van der Waals surface area contributed by atoms with E-state index in [1.807, 2.05) is 63.6 Å². The van der Waals surface area contributed by atoms with Crippen LogP contribution in [-0.2, 0) is 7.05 Å². The highest BCUT2D eigenvalue weighted by molar-refractivity contribution is 5.99. The van der Waals surface area contributed by atoms with Gasteiger partial charge in [0.25, 0.3) is 0 Å². The highest BCUT2D eigenvalue weighted by atomic mass is 16.5. The lowest BCUT2D eigenvalue weighted by Crippen LogP contribution is -2.15. The number of aryl methyl sites for hydroxylation is 1. The largest absolute Gasteiger partial charge is 0.495 e. The smallest absolute Gasteiger partial charge is 0.201 e. The van der Waals surface area contributed by atoms with Crippen LogP contribution in [0.15, 0.2) is 35.1 Å². The van der Waals surface area contributed by atoms with Crippen LogP contribution in [0.25, 0.3) is 21.8 Å². The Kier molecular flexibility index (Phi) is 4.81. The van der Waals surface area contributed by atoms with E-state index in [2.05, 4.69) is 0 Å². The second-order valence-corrected chi connectivity index (χ2v) is 6.89. The van der Waals surface area contributed by atoms with Crippen LogP contribution in [0, 0.1) is 0 Å². The van der Waals surface area contributed by atoms with Gasteiger partial charge >= 0.3 is 0 Å². The van der Waals surface area contributed by atoms with Crippen molar-refractivity contribution in [3.05, 3.63) is 40.6 Å². The van der Waals surface area contributed by atoms with Gasteiger partial charge in [-0.15, -0.1) is 0 Å². The minimum absolute atomic E-state index is 0.0198. The quantitative estimate of drug-likeness (QED) is 0.641. The van der Waals surface area contributed by atoms with Crippen molar-refractivity contribution in [1.82, 2.24) is 4.57 Å². The normalized spacial score (nSPS) is 11.5. The Balaban J connectivity index is 2.47. The third-order valence-corrected chi connectivity index (χ3v) is 4.18. The summed E-state index contributed by atoms with van der Waals surface area (Å²) < 4.78 is 19.3. The molecule has 0 unspecified atom stereocenters. The van der Waals surface area contributed by atoms with Crippen molar-refractivity contribution >= 4 is 21.8 Å². The fourth-order valence-corrected chi connectivity index (χ4v) is 3.23. The number of aromatic nitrogens is 1. The lowest BCUT2D eigenvalue weighted by atomic mass is 10.1. The number of hydrogen-bond acceptors (Lipinski definition) is 4. The Bertz CT molecular complexity index is 1020. The standard InChI is InChI=1S/C21H25NO4/c1-12(2)25-14-10-16-19(18(11-14)26-13(3)4)21(23)15-8-7-9-17(24-6)20(15)22(16)5/h7-13H,1-6H3. The Morgan fingerprint density at radius 1 is 0.962 bits per heavy atom. The molecule has 0 fully saturated rings. The summed E-state index contributed by atoms with van der Waals surface area (Å²) in [5.74, 6) is 1.87. The summed E-state index contributed by atoms with van der Waals surface area (Å²) in [5, 5.41) is 1.16. The molecular formula is C21H25NO4. The monoisotopic (exact) mass is 355 g/mol. The van der Waals surface area contributed by atoms with Gasteiger partial charge in [-0.2, -0.15) is 0 Å². The van der Waals surface area contributed by atoms with E-state index < -0.39 is 0 Å². The minimum Gasteiger partial charge on any atom is -0.495 e. The van der Waals surface area contributed by atoms with E-state index >= 15 is 0 Å². The highest BCUT2D eigenvalue weighted by Gasteiger charge is 2.18. The lowest BCUT2D eigenvalue weighted by Gasteiger charge is -2.19. The average molecular weight is 355 g/mol. The summed E-state index contributed by atoms with van der Waals surface area (Å²) >= 11 is 0. The van der Waals surface area contributed by atoms with Crippen LogP contribution < -0.4 is 19.6 Å². The van der Waals surface area contributed by atoms with Gasteiger partial charge in [-0.1, -0.05) is 6.07 Å². The van der Waals surface area contributed by atoms with E-state index in [4.69, 9.17) is 14.2 Å². The number of hydrogen-bond donors (Lipinski definition) is 0. The van der Waals surface area contributed by atoms with Crippen molar-refractivity contribution in [2.75, 3.05) is 7.11 Å². The molecule has 0 aliphatic rings. The molecule has 0 spiro atoms. The SMILES string of the molecule is COc1cccc2c(=O)c3c(OC(C)C)cc(OC(C)C)cc3n(C)c12. The van der Waals surface area contributed by atoms with Crippen molar-refractivity contribution in [3.8, 4) is 17.2 Å². The molecule has 0 radical (unpaired) electrons. The van der Waals surface area contributed by atoms with Crippen molar-refractivity contribution in [3.63, 3.8) is 0 Å². The maximum absolute atomic E-state index is 13.3. The van der Waals surface area contributed by atoms with Gasteiger partial charge in [-0.05, 0) is 39.8 Å². The Morgan fingerprint density at radius 3 is 2.27 bits per heavy atom. The summed E-state index contributed by atoms with van der Waals surface area (Å²) in [4.78, 5) is 13.3. The number of benzene rings is 2. The van der Waals surface area contributed by atoms with Gasteiger partial charge in [-0.25, -0.2) is 0 Å². The summed E-state index contributed by atoms with van der Waals surface area (Å²) in [7, 11) is 3.53. The second-order valence-electron chi connectivity index (χ2n) is 6.89. The summed E-state index contributed by atoms with van der Waals surface area (Å²) in [6, 6.07) is 9.18. The first-order chi connectivity index (χ1) is 12.3. The molecule has 2 aromatic carbocycles. The molecule has 1 heterocycles. The van der Waals surface area contributed by atoms with Gasteiger partial charge in [0.05, 0.1) is 41.1 Å². The molecule has 0 amide bonds. The summed E-state index contributed by atoms with van der Waals surface area (Å²) in [5.41, 5.74) is 1.43. The molecule has 0 aliphatic heterocycles. The molecule has 26 heavy (non-hydrogen) atoms. The van der Waals surface area contributed by atoms with Crippen LogP contribution >= 0.6 is 0 Å². The molecule has 0 saturated carbocycles. The number of rotatable bonds is 5. The number of methoxy groups -OCH3 is 1. The van der Waals surface area contributed by atoms with Crippen LogP contribution in [0.4, 0.5) is 0 Å². The first kappa shape index (κ1) is 18.1. The van der Waals surface area contributed by atoms with Gasteiger partial charge in [0.1, 0.15) is 17.2 Å². The van der Waals surface area contributed by atoms with Gasteiger partial charge in [0, 0.05) is 19.2 Å². The third kappa shape index (κ3) is 3.09. The fraction of sp³-hybridized carbons (Fsp3) is 0.381. The molecule has 0 aliphatic carbocycles. The van der Waals surface area contributed by atoms with Crippen molar-refractivity contribution in [1.29, 1.82) is 0 Å². The molecule has 138 valence electrons. The van der Waals surface area contributed by atoms with Crippen LogP contribution in [0.3, 0.4) is 0 Å². The van der Waals surface area contributed by atoms with Gasteiger partial charge < -0.3 is 18.8 Å².